The smallest absolute Gasteiger partial charge is 0.319 e. The molecule has 7 heteroatoms. The van der Waals surface area contributed by atoms with Crippen molar-refractivity contribution in [1.82, 2.24) is 20.2 Å². The third-order valence-corrected chi connectivity index (χ3v) is 4.20. The third-order valence-electron chi connectivity index (χ3n) is 4.20. The van der Waals surface area contributed by atoms with Gasteiger partial charge in [-0.3, -0.25) is 4.39 Å². The van der Waals surface area contributed by atoms with E-state index in [0.717, 1.165) is 17.7 Å². The van der Waals surface area contributed by atoms with Crippen LogP contribution < -0.4 is 9.47 Å². The molecule has 0 aromatic carbocycles. The molecule has 2 aromatic rings. The van der Waals surface area contributed by atoms with Gasteiger partial charge in [-0.15, -0.1) is 5.10 Å². The van der Waals surface area contributed by atoms with E-state index in [1.807, 2.05) is 13.0 Å². The molecule has 0 amide bonds. The Morgan fingerprint density at radius 3 is 2.78 bits per heavy atom. The van der Waals surface area contributed by atoms with Crippen molar-refractivity contribution in [3.05, 3.63) is 23.5 Å². The number of hydrogen-bond acceptors (Lipinski definition) is 6. The molecule has 1 fully saturated rings. The van der Waals surface area contributed by atoms with Gasteiger partial charge in [0.05, 0.1) is 32.2 Å². The quantitative estimate of drug-likeness (QED) is 0.815. The molecule has 1 aliphatic carbocycles. The van der Waals surface area contributed by atoms with Gasteiger partial charge in [-0.05, 0) is 43.2 Å². The van der Waals surface area contributed by atoms with E-state index < -0.39 is 0 Å². The van der Waals surface area contributed by atoms with Gasteiger partial charge < -0.3 is 9.47 Å². The van der Waals surface area contributed by atoms with Crippen molar-refractivity contribution >= 4 is 0 Å². The summed E-state index contributed by atoms with van der Waals surface area (Å²) in [7, 11) is 3.03. The van der Waals surface area contributed by atoms with E-state index in [2.05, 4.69) is 20.2 Å². The Kier molecular flexibility index (Phi) is 4.36. The molecule has 1 saturated carbocycles. The van der Waals surface area contributed by atoms with Crippen LogP contribution in [0.25, 0.3) is 11.3 Å². The Balaban J connectivity index is 1.95. The van der Waals surface area contributed by atoms with E-state index in [0.29, 0.717) is 35.4 Å². The van der Waals surface area contributed by atoms with Gasteiger partial charge in [0.1, 0.15) is 5.69 Å². The second-order valence-electron chi connectivity index (χ2n) is 5.63. The summed E-state index contributed by atoms with van der Waals surface area (Å²) in [6.45, 7) is 1.66. The van der Waals surface area contributed by atoms with E-state index in [9.17, 15) is 4.39 Å². The fourth-order valence-electron chi connectivity index (χ4n) is 2.84. The average molecular weight is 318 g/mol. The lowest BCUT2D eigenvalue weighted by Gasteiger charge is -2.10. The lowest BCUT2D eigenvalue weighted by Crippen LogP contribution is -2.01. The number of aryl methyl sites for hydroxylation is 1. The number of methoxy groups -OCH3 is 2. The number of rotatable bonds is 6. The summed E-state index contributed by atoms with van der Waals surface area (Å²) in [5.74, 6) is 1.16. The molecular weight excluding hydrogens is 299 g/mol. The van der Waals surface area contributed by atoms with Gasteiger partial charge in [0.15, 0.2) is 0 Å². The Labute approximate surface area is 134 Å². The maximum atomic E-state index is 12.5. The minimum Gasteiger partial charge on any atom is -0.480 e. The van der Waals surface area contributed by atoms with Crippen LogP contribution >= 0.6 is 0 Å². The normalized spacial score (nSPS) is 19.5. The van der Waals surface area contributed by atoms with Crippen molar-refractivity contribution in [1.29, 1.82) is 0 Å². The maximum Gasteiger partial charge on any atom is 0.319 e. The van der Waals surface area contributed by atoms with Crippen molar-refractivity contribution < 1.29 is 13.9 Å². The predicted molar refractivity (Wildman–Crippen MR) is 82.3 cm³/mol. The summed E-state index contributed by atoms with van der Waals surface area (Å²) >= 11 is 0. The molecule has 23 heavy (non-hydrogen) atoms. The van der Waals surface area contributed by atoms with Crippen LogP contribution in [0.4, 0.5) is 4.39 Å². The van der Waals surface area contributed by atoms with Gasteiger partial charge in [-0.25, -0.2) is 4.98 Å². The summed E-state index contributed by atoms with van der Waals surface area (Å²) in [6.07, 6.45) is 3.22. The molecule has 1 aliphatic rings. The zero-order valence-electron chi connectivity index (χ0n) is 13.4. The molecule has 0 spiro atoms. The second kappa shape index (κ2) is 6.44. The highest BCUT2D eigenvalue weighted by molar-refractivity contribution is 5.64. The van der Waals surface area contributed by atoms with E-state index in [-0.39, 0.29) is 12.7 Å². The fourth-order valence-corrected chi connectivity index (χ4v) is 2.84. The number of halogens is 1. The summed E-state index contributed by atoms with van der Waals surface area (Å²) in [5, 5.41) is 8.47. The Hall–Kier alpha value is -2.31. The Morgan fingerprint density at radius 2 is 2.09 bits per heavy atom. The summed E-state index contributed by atoms with van der Waals surface area (Å²) in [6, 6.07) is 2.22. The highest BCUT2D eigenvalue weighted by Crippen LogP contribution is 2.50. The molecule has 0 aliphatic heterocycles. The largest absolute Gasteiger partial charge is 0.480 e. The van der Waals surface area contributed by atoms with Crippen LogP contribution in [-0.2, 0) is 0 Å². The molecule has 3 rings (SSSR count). The van der Waals surface area contributed by atoms with Crippen LogP contribution in [0.1, 0.15) is 30.0 Å². The van der Waals surface area contributed by atoms with Crippen molar-refractivity contribution in [3.63, 3.8) is 0 Å². The van der Waals surface area contributed by atoms with E-state index in [1.165, 1.54) is 14.2 Å². The molecule has 2 aromatic heterocycles. The maximum absolute atomic E-state index is 12.5. The minimum atomic E-state index is -0.272. The molecule has 122 valence electrons. The van der Waals surface area contributed by atoms with Crippen LogP contribution in [0.5, 0.6) is 11.9 Å². The highest BCUT2D eigenvalue weighted by atomic mass is 19.1. The number of alkyl halides is 1. The first-order valence-electron chi connectivity index (χ1n) is 7.53. The molecule has 0 radical (unpaired) electrons. The van der Waals surface area contributed by atoms with E-state index in [4.69, 9.17) is 9.47 Å². The zero-order chi connectivity index (χ0) is 16.4. The molecule has 0 unspecified atom stereocenters. The Bertz CT molecular complexity index is 710. The van der Waals surface area contributed by atoms with Crippen LogP contribution in [0.3, 0.4) is 0 Å². The lowest BCUT2D eigenvalue weighted by atomic mass is 10.0. The van der Waals surface area contributed by atoms with Crippen molar-refractivity contribution in [2.24, 2.45) is 5.92 Å². The first-order chi connectivity index (χ1) is 11.2. The van der Waals surface area contributed by atoms with Crippen LogP contribution in [-0.4, -0.2) is 41.1 Å². The average Bonchev–Trinajstić information content (AvgIpc) is 3.34. The molecular formula is C16H19FN4O2. The van der Waals surface area contributed by atoms with Crippen molar-refractivity contribution in [2.75, 3.05) is 20.9 Å². The van der Waals surface area contributed by atoms with Gasteiger partial charge in [-0.1, -0.05) is 0 Å². The first-order valence-corrected chi connectivity index (χ1v) is 7.53. The molecule has 2 atom stereocenters. The van der Waals surface area contributed by atoms with Crippen LogP contribution in [0.2, 0.25) is 0 Å². The van der Waals surface area contributed by atoms with Gasteiger partial charge in [0.2, 0.25) is 5.88 Å². The number of ether oxygens (including phenoxy) is 2. The monoisotopic (exact) mass is 318 g/mol. The number of aromatic nitrogens is 4. The number of hydrogen-bond donors (Lipinski definition) is 0. The van der Waals surface area contributed by atoms with Gasteiger partial charge in [0, 0.05) is 6.20 Å². The summed E-state index contributed by atoms with van der Waals surface area (Å²) in [4.78, 5) is 8.28. The SMILES string of the molecule is COc1ncc(-c2cc([C@@H]3C[C@H]3CCF)c(C)nn2)c(OC)n1. The summed E-state index contributed by atoms with van der Waals surface area (Å²) in [5.41, 5.74) is 3.31. The lowest BCUT2D eigenvalue weighted by molar-refractivity contribution is 0.353. The number of nitrogens with zero attached hydrogens (tertiary/aromatic N) is 4. The van der Waals surface area contributed by atoms with Crippen molar-refractivity contribution in [2.45, 2.75) is 25.7 Å². The van der Waals surface area contributed by atoms with E-state index >= 15 is 0 Å². The molecule has 6 nitrogen and oxygen atoms in total. The second-order valence-corrected chi connectivity index (χ2v) is 5.63. The standard InChI is InChI=1S/C16H19FN4O2/c1-9-11(12-6-10(12)4-5-17)7-14(21-20-9)13-8-18-16(23-3)19-15(13)22-2/h7-8,10,12H,4-6H2,1-3H3/t10-,12-/m1/s1. The minimum absolute atomic E-state index is 0.232. The Morgan fingerprint density at radius 1 is 1.26 bits per heavy atom. The molecule has 2 heterocycles. The van der Waals surface area contributed by atoms with E-state index in [1.54, 1.807) is 6.20 Å². The van der Waals surface area contributed by atoms with Crippen molar-refractivity contribution in [3.8, 4) is 23.1 Å². The van der Waals surface area contributed by atoms with Gasteiger partial charge >= 0.3 is 6.01 Å². The molecule has 0 saturated heterocycles. The topological polar surface area (TPSA) is 70.0 Å². The molecule has 0 bridgehead atoms. The molecule has 0 N–H and O–H groups in total. The van der Waals surface area contributed by atoms with Gasteiger partial charge in [-0.2, -0.15) is 10.1 Å². The van der Waals surface area contributed by atoms with Gasteiger partial charge in [0.25, 0.3) is 0 Å². The summed E-state index contributed by atoms with van der Waals surface area (Å²) < 4.78 is 22.8. The first kappa shape index (κ1) is 15.6. The predicted octanol–water partition coefficient (Wildman–Crippen LogP) is 2.72. The van der Waals surface area contributed by atoms with Crippen LogP contribution in [0, 0.1) is 12.8 Å². The fraction of sp³-hybridized carbons (Fsp3) is 0.500. The van der Waals surface area contributed by atoms with Crippen LogP contribution in [0.15, 0.2) is 12.3 Å². The highest BCUT2D eigenvalue weighted by Gasteiger charge is 2.39. The zero-order valence-corrected chi connectivity index (χ0v) is 13.4. The third kappa shape index (κ3) is 3.09.